The molecule has 16 heavy (non-hydrogen) atoms. The summed E-state index contributed by atoms with van der Waals surface area (Å²) in [6, 6.07) is 0. The summed E-state index contributed by atoms with van der Waals surface area (Å²) in [5.74, 6) is 1.74. The lowest BCUT2D eigenvalue weighted by molar-refractivity contribution is 0.110. The molecule has 3 nitrogen and oxygen atoms in total. The third-order valence-corrected chi connectivity index (χ3v) is 3.04. The van der Waals surface area contributed by atoms with E-state index in [1.807, 2.05) is 0 Å². The fraction of sp³-hybridized carbons (Fsp3) is 1.00. The Kier molecular flexibility index (Phi) is 11.9. The first-order valence-electron chi connectivity index (χ1n) is 6.05. The lowest BCUT2D eigenvalue weighted by atomic mass is 10.1. The number of nitrogens with zero attached hydrogens (tertiary/aromatic N) is 1. The number of hydrogen-bond donors (Lipinski definition) is 1. The van der Waals surface area contributed by atoms with Gasteiger partial charge in [-0.1, -0.05) is 6.92 Å². The lowest BCUT2D eigenvalue weighted by Gasteiger charge is -2.23. The van der Waals surface area contributed by atoms with Gasteiger partial charge in [0.25, 0.3) is 0 Å². The minimum Gasteiger partial charge on any atom is -0.383 e. The quantitative estimate of drug-likeness (QED) is 0.566. The Morgan fingerprint density at radius 2 is 1.56 bits per heavy atom. The molecule has 0 aromatic heterocycles. The van der Waals surface area contributed by atoms with Gasteiger partial charge in [-0.3, -0.25) is 4.90 Å². The van der Waals surface area contributed by atoms with Crippen molar-refractivity contribution in [2.24, 2.45) is 5.92 Å². The average Bonchev–Trinajstić information content (AvgIpc) is 2.28. The summed E-state index contributed by atoms with van der Waals surface area (Å²) in [6.45, 7) is 7.00. The molecule has 1 unspecified atom stereocenters. The van der Waals surface area contributed by atoms with Crippen LogP contribution >= 0.6 is 12.6 Å². The van der Waals surface area contributed by atoms with Gasteiger partial charge in [0.2, 0.25) is 0 Å². The highest BCUT2D eigenvalue weighted by molar-refractivity contribution is 7.80. The van der Waals surface area contributed by atoms with Crippen LogP contribution in [0.4, 0.5) is 0 Å². The molecule has 0 aliphatic carbocycles. The van der Waals surface area contributed by atoms with Crippen LogP contribution in [0.1, 0.15) is 19.8 Å². The highest BCUT2D eigenvalue weighted by atomic mass is 32.1. The Morgan fingerprint density at radius 1 is 1.00 bits per heavy atom. The minimum atomic E-state index is 0.755. The zero-order valence-electron chi connectivity index (χ0n) is 10.9. The van der Waals surface area contributed by atoms with Crippen molar-refractivity contribution in [3.05, 3.63) is 0 Å². The molecule has 0 spiro atoms. The molecule has 0 heterocycles. The van der Waals surface area contributed by atoms with Crippen LogP contribution in [0.25, 0.3) is 0 Å². The Hall–Kier alpha value is 0.230. The first kappa shape index (κ1) is 16.2. The SMILES string of the molecule is COCCN(CCOC)CCC(C)CCS. The van der Waals surface area contributed by atoms with Gasteiger partial charge in [0.1, 0.15) is 0 Å². The second-order valence-corrected chi connectivity index (χ2v) is 4.68. The standard InChI is InChI=1S/C12H27NO2S/c1-12(5-11-16)4-6-13(7-9-14-2)8-10-15-3/h12,16H,4-11H2,1-3H3. The summed E-state index contributed by atoms with van der Waals surface area (Å²) in [5.41, 5.74) is 0. The maximum Gasteiger partial charge on any atom is 0.0589 e. The van der Waals surface area contributed by atoms with Gasteiger partial charge in [-0.05, 0) is 31.1 Å². The lowest BCUT2D eigenvalue weighted by Crippen LogP contribution is -2.32. The van der Waals surface area contributed by atoms with E-state index >= 15 is 0 Å². The van der Waals surface area contributed by atoms with Crippen molar-refractivity contribution in [1.29, 1.82) is 0 Å². The molecule has 0 amide bonds. The van der Waals surface area contributed by atoms with Crippen LogP contribution in [0.15, 0.2) is 0 Å². The van der Waals surface area contributed by atoms with E-state index in [4.69, 9.17) is 9.47 Å². The first-order valence-corrected chi connectivity index (χ1v) is 6.69. The number of hydrogen-bond acceptors (Lipinski definition) is 4. The monoisotopic (exact) mass is 249 g/mol. The Morgan fingerprint density at radius 3 is 2.00 bits per heavy atom. The van der Waals surface area contributed by atoms with Crippen molar-refractivity contribution >= 4 is 12.6 Å². The van der Waals surface area contributed by atoms with E-state index in [9.17, 15) is 0 Å². The summed E-state index contributed by atoms with van der Waals surface area (Å²) in [4.78, 5) is 2.40. The van der Waals surface area contributed by atoms with Crippen LogP contribution < -0.4 is 0 Å². The van der Waals surface area contributed by atoms with E-state index in [1.54, 1.807) is 14.2 Å². The van der Waals surface area contributed by atoms with Crippen LogP contribution in [-0.2, 0) is 9.47 Å². The molecule has 0 saturated heterocycles. The third-order valence-electron chi connectivity index (χ3n) is 2.78. The Bertz CT molecular complexity index is 139. The van der Waals surface area contributed by atoms with E-state index < -0.39 is 0 Å². The zero-order valence-corrected chi connectivity index (χ0v) is 11.8. The Labute approximate surface area is 106 Å². The molecular weight excluding hydrogens is 222 g/mol. The molecule has 0 rings (SSSR count). The van der Waals surface area contributed by atoms with Gasteiger partial charge < -0.3 is 9.47 Å². The molecule has 0 aromatic carbocycles. The van der Waals surface area contributed by atoms with E-state index in [0.29, 0.717) is 0 Å². The normalized spacial score (nSPS) is 13.3. The van der Waals surface area contributed by atoms with Gasteiger partial charge in [0, 0.05) is 27.3 Å². The molecule has 0 bridgehead atoms. The molecule has 0 radical (unpaired) electrons. The molecule has 4 heteroatoms. The number of rotatable bonds is 11. The fourth-order valence-electron chi connectivity index (χ4n) is 1.54. The smallest absolute Gasteiger partial charge is 0.0589 e. The van der Waals surface area contributed by atoms with Crippen molar-refractivity contribution in [3.63, 3.8) is 0 Å². The van der Waals surface area contributed by atoms with Crippen molar-refractivity contribution in [3.8, 4) is 0 Å². The van der Waals surface area contributed by atoms with Crippen molar-refractivity contribution in [2.75, 3.05) is 52.8 Å². The van der Waals surface area contributed by atoms with Crippen molar-refractivity contribution in [2.45, 2.75) is 19.8 Å². The van der Waals surface area contributed by atoms with Crippen LogP contribution in [0, 0.1) is 5.92 Å². The highest BCUT2D eigenvalue weighted by Gasteiger charge is 2.07. The van der Waals surface area contributed by atoms with Gasteiger partial charge in [-0.25, -0.2) is 0 Å². The fourth-order valence-corrected chi connectivity index (χ4v) is 1.98. The second-order valence-electron chi connectivity index (χ2n) is 4.23. The number of ether oxygens (including phenoxy) is 2. The molecule has 0 aliphatic heterocycles. The van der Waals surface area contributed by atoms with Crippen LogP contribution in [0.3, 0.4) is 0 Å². The minimum absolute atomic E-state index is 0.755. The van der Waals surface area contributed by atoms with E-state index in [-0.39, 0.29) is 0 Å². The van der Waals surface area contributed by atoms with E-state index in [1.165, 1.54) is 12.8 Å². The van der Waals surface area contributed by atoms with Gasteiger partial charge in [0.15, 0.2) is 0 Å². The summed E-state index contributed by atoms with van der Waals surface area (Å²) in [5, 5.41) is 0. The summed E-state index contributed by atoms with van der Waals surface area (Å²) >= 11 is 4.26. The molecule has 1 atom stereocenters. The first-order chi connectivity index (χ1) is 7.74. The molecule has 0 saturated carbocycles. The van der Waals surface area contributed by atoms with E-state index in [0.717, 1.165) is 44.5 Å². The predicted octanol–water partition coefficient (Wildman–Crippen LogP) is 1.93. The van der Waals surface area contributed by atoms with Crippen LogP contribution in [0.5, 0.6) is 0 Å². The van der Waals surface area contributed by atoms with Crippen LogP contribution in [0.2, 0.25) is 0 Å². The largest absolute Gasteiger partial charge is 0.383 e. The van der Waals surface area contributed by atoms with E-state index in [2.05, 4.69) is 24.5 Å². The summed E-state index contributed by atoms with van der Waals surface area (Å²) in [6.07, 6.45) is 2.43. The van der Waals surface area contributed by atoms with Crippen molar-refractivity contribution in [1.82, 2.24) is 4.90 Å². The molecule has 98 valence electrons. The summed E-state index contributed by atoms with van der Waals surface area (Å²) < 4.78 is 10.2. The van der Waals surface area contributed by atoms with Gasteiger partial charge in [-0.15, -0.1) is 0 Å². The maximum absolute atomic E-state index is 5.11. The molecule has 0 aromatic rings. The highest BCUT2D eigenvalue weighted by Crippen LogP contribution is 2.09. The molecule has 0 N–H and O–H groups in total. The summed E-state index contributed by atoms with van der Waals surface area (Å²) in [7, 11) is 3.50. The number of methoxy groups -OCH3 is 2. The van der Waals surface area contributed by atoms with Crippen molar-refractivity contribution < 1.29 is 9.47 Å². The van der Waals surface area contributed by atoms with Gasteiger partial charge in [0.05, 0.1) is 13.2 Å². The number of thiol groups is 1. The van der Waals surface area contributed by atoms with Gasteiger partial charge in [-0.2, -0.15) is 12.6 Å². The Balaban J connectivity index is 3.71. The second kappa shape index (κ2) is 11.7. The third kappa shape index (κ3) is 9.46. The van der Waals surface area contributed by atoms with Gasteiger partial charge >= 0.3 is 0 Å². The molecule has 0 fully saturated rings. The molecular formula is C12H27NO2S. The topological polar surface area (TPSA) is 21.7 Å². The maximum atomic E-state index is 5.11. The zero-order chi connectivity index (χ0) is 12.2. The average molecular weight is 249 g/mol. The molecule has 0 aliphatic rings. The van der Waals surface area contributed by atoms with Crippen LogP contribution in [-0.4, -0.2) is 57.7 Å². The predicted molar refractivity (Wildman–Crippen MR) is 72.4 cm³/mol.